The number of rotatable bonds is 12. The van der Waals surface area contributed by atoms with Gasteiger partial charge in [0.05, 0.1) is 55.7 Å². The molecular formula is C25H26N4O9S. The van der Waals surface area contributed by atoms with E-state index in [1.165, 1.54) is 77.0 Å². The number of nitrogens with one attached hydrogen (secondary N) is 1. The molecule has 39 heavy (non-hydrogen) atoms. The summed E-state index contributed by atoms with van der Waals surface area (Å²) >= 11 is 0. The standard InChI is InChI=1S/C25H26N4O9S/c1-35-18-9-11-22(36-2)21(13-18)28(39(33,34)19-10-12-23(37-3)24(14-19)38-4)16-25(30)27-26-15-17-7-5-6-8-20(17)29(31)32/h5-15H,16H2,1-4H3,(H,27,30)/b26-15-. The number of methoxy groups -OCH3 is 4. The molecule has 13 nitrogen and oxygen atoms in total. The van der Waals surface area contributed by atoms with Gasteiger partial charge in [-0.25, -0.2) is 13.8 Å². The number of hydrogen-bond donors (Lipinski definition) is 1. The van der Waals surface area contributed by atoms with Crippen LogP contribution >= 0.6 is 0 Å². The van der Waals surface area contributed by atoms with Crippen LogP contribution in [-0.2, 0) is 14.8 Å². The zero-order valence-corrected chi connectivity index (χ0v) is 22.3. The predicted molar refractivity (Wildman–Crippen MR) is 142 cm³/mol. The molecule has 0 aromatic heterocycles. The fraction of sp³-hybridized carbons (Fsp3) is 0.200. The fourth-order valence-electron chi connectivity index (χ4n) is 3.50. The van der Waals surface area contributed by atoms with E-state index < -0.39 is 27.4 Å². The van der Waals surface area contributed by atoms with Crippen LogP contribution in [0.15, 0.2) is 70.7 Å². The fourth-order valence-corrected chi connectivity index (χ4v) is 4.94. The summed E-state index contributed by atoms with van der Waals surface area (Å²) in [5, 5.41) is 15.0. The number of carbonyl (C=O) groups is 1. The molecule has 0 saturated heterocycles. The van der Waals surface area contributed by atoms with E-state index in [1.54, 1.807) is 12.1 Å². The molecule has 0 fully saturated rings. The van der Waals surface area contributed by atoms with Gasteiger partial charge < -0.3 is 18.9 Å². The summed E-state index contributed by atoms with van der Waals surface area (Å²) in [5.74, 6) is 0.0987. The van der Waals surface area contributed by atoms with Crippen molar-refractivity contribution < 1.29 is 37.1 Å². The highest BCUT2D eigenvalue weighted by atomic mass is 32.2. The summed E-state index contributed by atoms with van der Waals surface area (Å²) in [6.45, 7) is -0.728. The molecule has 0 atom stereocenters. The minimum atomic E-state index is -4.40. The number of hydrazone groups is 1. The lowest BCUT2D eigenvalue weighted by Crippen LogP contribution is -2.39. The molecule has 0 bridgehead atoms. The number of benzene rings is 3. The maximum absolute atomic E-state index is 13.9. The van der Waals surface area contributed by atoms with E-state index in [4.69, 9.17) is 18.9 Å². The number of para-hydroxylation sites is 1. The first-order chi connectivity index (χ1) is 18.7. The number of sulfonamides is 1. The Balaban J connectivity index is 2.01. The normalized spacial score (nSPS) is 11.1. The van der Waals surface area contributed by atoms with E-state index in [1.807, 2.05) is 0 Å². The van der Waals surface area contributed by atoms with Crippen LogP contribution in [0.2, 0.25) is 0 Å². The van der Waals surface area contributed by atoms with Gasteiger partial charge in [-0.15, -0.1) is 0 Å². The van der Waals surface area contributed by atoms with Crippen molar-refractivity contribution in [3.8, 4) is 23.0 Å². The quantitative estimate of drug-likeness (QED) is 0.200. The highest BCUT2D eigenvalue weighted by molar-refractivity contribution is 7.92. The van der Waals surface area contributed by atoms with Crippen LogP contribution in [0.3, 0.4) is 0 Å². The van der Waals surface area contributed by atoms with Gasteiger partial charge >= 0.3 is 0 Å². The van der Waals surface area contributed by atoms with Crippen LogP contribution in [0.25, 0.3) is 0 Å². The SMILES string of the molecule is COc1ccc(OC)c(N(CC(=O)N/N=C\c2ccccc2[N+](=O)[O-])S(=O)(=O)c2ccc(OC)c(OC)c2)c1. The van der Waals surface area contributed by atoms with Gasteiger partial charge in [0.2, 0.25) is 0 Å². The summed E-state index contributed by atoms with van der Waals surface area (Å²) in [7, 11) is 1.13. The Kier molecular flexibility index (Phi) is 9.28. The molecule has 1 N–H and O–H groups in total. The zero-order valence-electron chi connectivity index (χ0n) is 21.5. The molecule has 14 heteroatoms. The second-order valence-electron chi connectivity index (χ2n) is 7.68. The second-order valence-corrected chi connectivity index (χ2v) is 9.54. The van der Waals surface area contributed by atoms with Gasteiger partial charge in [0, 0.05) is 18.2 Å². The van der Waals surface area contributed by atoms with Crippen LogP contribution in [-0.4, -0.2) is 60.4 Å². The lowest BCUT2D eigenvalue weighted by atomic mass is 10.2. The highest BCUT2D eigenvalue weighted by Crippen LogP contribution is 2.37. The first kappa shape index (κ1) is 28.7. The van der Waals surface area contributed by atoms with Gasteiger partial charge in [-0.3, -0.25) is 19.2 Å². The molecule has 3 rings (SSSR count). The Morgan fingerprint density at radius 3 is 2.26 bits per heavy atom. The average molecular weight is 559 g/mol. The molecule has 0 spiro atoms. The van der Waals surface area contributed by atoms with Crippen molar-refractivity contribution >= 4 is 33.5 Å². The minimum Gasteiger partial charge on any atom is -0.497 e. The van der Waals surface area contributed by atoms with Gasteiger partial charge in [-0.05, 0) is 30.3 Å². The molecule has 3 aromatic rings. The number of anilines is 1. The molecule has 206 valence electrons. The van der Waals surface area contributed by atoms with Gasteiger partial charge in [0.1, 0.15) is 18.0 Å². The lowest BCUT2D eigenvalue weighted by Gasteiger charge is -2.26. The molecular weight excluding hydrogens is 532 g/mol. The van der Waals surface area contributed by atoms with Crippen LogP contribution in [0.1, 0.15) is 5.56 Å². The molecule has 0 saturated carbocycles. The zero-order chi connectivity index (χ0) is 28.6. The monoisotopic (exact) mass is 558 g/mol. The molecule has 0 aliphatic carbocycles. The third-order valence-electron chi connectivity index (χ3n) is 5.41. The number of nitrogens with zero attached hydrogens (tertiary/aromatic N) is 3. The van der Waals surface area contributed by atoms with Crippen molar-refractivity contribution in [2.75, 3.05) is 39.3 Å². The molecule has 0 heterocycles. The Hall–Kier alpha value is -4.85. The smallest absolute Gasteiger partial charge is 0.278 e. The number of ether oxygens (including phenoxy) is 4. The summed E-state index contributed by atoms with van der Waals surface area (Å²) in [4.78, 5) is 23.3. The number of amides is 1. The van der Waals surface area contributed by atoms with E-state index in [2.05, 4.69) is 10.5 Å². The van der Waals surface area contributed by atoms with Crippen molar-refractivity contribution in [2.24, 2.45) is 5.10 Å². The van der Waals surface area contributed by atoms with Gasteiger partial charge in [-0.1, -0.05) is 12.1 Å². The third-order valence-corrected chi connectivity index (χ3v) is 7.17. The molecule has 0 radical (unpaired) electrons. The molecule has 0 aliphatic heterocycles. The molecule has 0 unspecified atom stereocenters. The van der Waals surface area contributed by atoms with Crippen LogP contribution in [0.4, 0.5) is 11.4 Å². The number of nitro benzene ring substituents is 1. The maximum atomic E-state index is 13.9. The number of nitro groups is 1. The van der Waals surface area contributed by atoms with Crippen LogP contribution < -0.4 is 28.7 Å². The van der Waals surface area contributed by atoms with E-state index in [-0.39, 0.29) is 33.3 Å². The van der Waals surface area contributed by atoms with Gasteiger partial charge in [-0.2, -0.15) is 5.10 Å². The summed E-state index contributed by atoms with van der Waals surface area (Å²) < 4.78 is 49.6. The van der Waals surface area contributed by atoms with Crippen LogP contribution in [0, 0.1) is 10.1 Å². The van der Waals surface area contributed by atoms with Crippen molar-refractivity contribution in [2.45, 2.75) is 4.90 Å². The summed E-state index contributed by atoms with van der Waals surface area (Å²) in [6.07, 6.45) is 1.09. The largest absolute Gasteiger partial charge is 0.497 e. The Labute approximate surface area is 224 Å². The maximum Gasteiger partial charge on any atom is 0.278 e. The van der Waals surface area contributed by atoms with E-state index >= 15 is 0 Å². The van der Waals surface area contributed by atoms with Gasteiger partial charge in [0.25, 0.3) is 21.6 Å². The summed E-state index contributed by atoms with van der Waals surface area (Å²) in [6, 6.07) is 14.3. The average Bonchev–Trinajstić information content (AvgIpc) is 2.95. The number of carbonyl (C=O) groups excluding carboxylic acids is 1. The number of hydrogen-bond acceptors (Lipinski definition) is 10. The first-order valence-electron chi connectivity index (χ1n) is 11.2. The minimum absolute atomic E-state index is 0.0180. The molecule has 0 aliphatic rings. The van der Waals surface area contributed by atoms with Crippen molar-refractivity contribution in [1.29, 1.82) is 0 Å². The Morgan fingerprint density at radius 2 is 1.62 bits per heavy atom. The van der Waals surface area contributed by atoms with Crippen molar-refractivity contribution in [3.05, 3.63) is 76.3 Å². The van der Waals surface area contributed by atoms with Crippen LogP contribution in [0.5, 0.6) is 23.0 Å². The molecule has 1 amide bonds. The van der Waals surface area contributed by atoms with Crippen molar-refractivity contribution in [3.63, 3.8) is 0 Å². The second kappa shape index (κ2) is 12.6. The van der Waals surface area contributed by atoms with Crippen molar-refractivity contribution in [1.82, 2.24) is 5.43 Å². The molecule has 3 aromatic carbocycles. The third kappa shape index (κ3) is 6.54. The Bertz CT molecular complexity index is 1490. The van der Waals surface area contributed by atoms with Gasteiger partial charge in [0.15, 0.2) is 11.5 Å². The Morgan fingerprint density at radius 1 is 0.949 bits per heavy atom. The van der Waals surface area contributed by atoms with E-state index in [0.717, 1.165) is 10.5 Å². The lowest BCUT2D eigenvalue weighted by molar-refractivity contribution is -0.385. The highest BCUT2D eigenvalue weighted by Gasteiger charge is 2.31. The van der Waals surface area contributed by atoms with E-state index in [9.17, 15) is 23.3 Å². The predicted octanol–water partition coefficient (Wildman–Crippen LogP) is 2.97. The summed E-state index contributed by atoms with van der Waals surface area (Å²) in [5.41, 5.74) is 2.16. The first-order valence-corrected chi connectivity index (χ1v) is 12.6. The van der Waals surface area contributed by atoms with E-state index in [0.29, 0.717) is 11.5 Å². The topological polar surface area (TPSA) is 159 Å².